The number of carboxylic acid groups (broad SMARTS) is 1. The largest absolute Gasteiger partial charge is 0.481 e. The van der Waals surface area contributed by atoms with Gasteiger partial charge in [0.05, 0.1) is 18.9 Å². The van der Waals surface area contributed by atoms with Crippen LogP contribution in [0, 0.1) is 17.8 Å². The molecule has 1 rings (SSSR count). The Hall–Kier alpha value is -1.06. The molecule has 0 spiro atoms. The number of esters is 1. The van der Waals surface area contributed by atoms with E-state index in [-0.39, 0.29) is 11.9 Å². The van der Waals surface area contributed by atoms with E-state index in [0.29, 0.717) is 6.42 Å². The molecule has 0 amide bonds. The Morgan fingerprint density at radius 1 is 1.40 bits per heavy atom. The summed E-state index contributed by atoms with van der Waals surface area (Å²) in [4.78, 5) is 22.6. The Balaban J connectivity index is 2.85. The fourth-order valence-corrected chi connectivity index (χ4v) is 2.52. The Bertz CT molecular complexity index is 249. The van der Waals surface area contributed by atoms with Crippen molar-refractivity contribution in [1.82, 2.24) is 0 Å². The summed E-state index contributed by atoms with van der Waals surface area (Å²) in [6.07, 6.45) is 3.25. The summed E-state index contributed by atoms with van der Waals surface area (Å²) in [6.45, 7) is 1.99. The number of ether oxygens (including phenoxy) is 1. The monoisotopic (exact) mass is 214 g/mol. The van der Waals surface area contributed by atoms with Crippen LogP contribution in [0.4, 0.5) is 0 Å². The van der Waals surface area contributed by atoms with Crippen LogP contribution in [0.5, 0.6) is 0 Å². The van der Waals surface area contributed by atoms with Gasteiger partial charge < -0.3 is 9.84 Å². The summed E-state index contributed by atoms with van der Waals surface area (Å²) in [5.41, 5.74) is 0. The van der Waals surface area contributed by atoms with Crippen LogP contribution in [-0.2, 0) is 14.3 Å². The number of carbonyl (C=O) groups excluding carboxylic acids is 1. The van der Waals surface area contributed by atoms with Gasteiger partial charge in [-0.2, -0.15) is 0 Å². The third-order valence-corrected chi connectivity index (χ3v) is 3.35. The number of carboxylic acids is 1. The van der Waals surface area contributed by atoms with Gasteiger partial charge in [-0.15, -0.1) is 0 Å². The number of rotatable bonds is 3. The third-order valence-electron chi connectivity index (χ3n) is 3.35. The molecule has 4 nitrogen and oxygen atoms in total. The van der Waals surface area contributed by atoms with Gasteiger partial charge in [0.15, 0.2) is 0 Å². The summed E-state index contributed by atoms with van der Waals surface area (Å²) in [5.74, 6) is -2.09. The van der Waals surface area contributed by atoms with Crippen molar-refractivity contribution in [2.24, 2.45) is 17.8 Å². The molecular formula is C11H18O4. The summed E-state index contributed by atoms with van der Waals surface area (Å²) in [7, 11) is 1.32. The zero-order chi connectivity index (χ0) is 11.4. The van der Waals surface area contributed by atoms with Gasteiger partial charge in [-0.25, -0.2) is 0 Å². The molecule has 1 N–H and O–H groups in total. The molecule has 0 aromatic rings. The first-order valence-electron chi connectivity index (χ1n) is 5.42. The van der Waals surface area contributed by atoms with Gasteiger partial charge in [-0.05, 0) is 18.8 Å². The molecule has 0 bridgehead atoms. The van der Waals surface area contributed by atoms with Gasteiger partial charge in [0.1, 0.15) is 0 Å². The highest BCUT2D eigenvalue weighted by Gasteiger charge is 2.41. The van der Waals surface area contributed by atoms with Gasteiger partial charge in [-0.3, -0.25) is 9.59 Å². The lowest BCUT2D eigenvalue weighted by Gasteiger charge is -2.33. The van der Waals surface area contributed by atoms with Crippen molar-refractivity contribution in [3.63, 3.8) is 0 Å². The van der Waals surface area contributed by atoms with E-state index >= 15 is 0 Å². The number of aliphatic carboxylic acids is 1. The predicted octanol–water partition coefficient (Wildman–Crippen LogP) is 1.69. The zero-order valence-corrected chi connectivity index (χ0v) is 9.23. The Morgan fingerprint density at radius 2 is 2.07 bits per heavy atom. The molecule has 1 aliphatic rings. The maximum atomic E-state index is 11.6. The zero-order valence-electron chi connectivity index (χ0n) is 9.23. The molecule has 0 aromatic carbocycles. The normalized spacial score (nSPS) is 30.9. The minimum absolute atomic E-state index is 0.160. The van der Waals surface area contributed by atoms with Gasteiger partial charge in [0.25, 0.3) is 0 Å². The molecule has 3 atom stereocenters. The molecule has 4 heteroatoms. The standard InChI is InChI=1S/C11H18O4/c1-3-7-5-4-6-8(10(12)13)9(7)11(14)15-2/h7-9H,3-6H2,1-2H3,(H,12,13). The van der Waals surface area contributed by atoms with E-state index in [0.717, 1.165) is 19.3 Å². The average molecular weight is 214 g/mol. The van der Waals surface area contributed by atoms with Crippen molar-refractivity contribution >= 4 is 11.9 Å². The maximum Gasteiger partial charge on any atom is 0.309 e. The summed E-state index contributed by atoms with van der Waals surface area (Å²) in [5, 5.41) is 9.06. The van der Waals surface area contributed by atoms with Gasteiger partial charge in [-0.1, -0.05) is 19.8 Å². The predicted molar refractivity (Wildman–Crippen MR) is 54.3 cm³/mol. The number of carbonyl (C=O) groups is 2. The van der Waals surface area contributed by atoms with E-state index in [9.17, 15) is 9.59 Å². The van der Waals surface area contributed by atoms with Gasteiger partial charge in [0, 0.05) is 0 Å². The molecule has 0 aliphatic heterocycles. The minimum atomic E-state index is -0.872. The molecule has 1 saturated carbocycles. The highest BCUT2D eigenvalue weighted by Crippen LogP contribution is 2.37. The molecule has 15 heavy (non-hydrogen) atoms. The second-order valence-corrected chi connectivity index (χ2v) is 4.09. The van der Waals surface area contributed by atoms with Crippen molar-refractivity contribution in [1.29, 1.82) is 0 Å². The number of hydrogen-bond acceptors (Lipinski definition) is 3. The molecular weight excluding hydrogens is 196 g/mol. The molecule has 0 saturated heterocycles. The van der Waals surface area contributed by atoms with E-state index in [1.54, 1.807) is 0 Å². The molecule has 1 aliphatic carbocycles. The van der Waals surface area contributed by atoms with Crippen LogP contribution < -0.4 is 0 Å². The third kappa shape index (κ3) is 2.49. The molecule has 0 aromatic heterocycles. The second kappa shape index (κ2) is 5.14. The van der Waals surface area contributed by atoms with Crippen molar-refractivity contribution in [2.45, 2.75) is 32.6 Å². The highest BCUT2D eigenvalue weighted by atomic mass is 16.5. The fourth-order valence-electron chi connectivity index (χ4n) is 2.52. The van der Waals surface area contributed by atoms with Crippen LogP contribution in [0.3, 0.4) is 0 Å². The Labute approximate surface area is 89.6 Å². The second-order valence-electron chi connectivity index (χ2n) is 4.09. The van der Waals surface area contributed by atoms with Crippen LogP contribution in [0.1, 0.15) is 32.6 Å². The van der Waals surface area contributed by atoms with Crippen LogP contribution in [0.25, 0.3) is 0 Å². The molecule has 0 heterocycles. The molecule has 3 unspecified atom stereocenters. The lowest BCUT2D eigenvalue weighted by atomic mass is 9.71. The van der Waals surface area contributed by atoms with E-state index in [1.807, 2.05) is 6.92 Å². The summed E-state index contributed by atoms with van der Waals surface area (Å²) in [6, 6.07) is 0. The van der Waals surface area contributed by atoms with Crippen LogP contribution in [-0.4, -0.2) is 24.2 Å². The van der Waals surface area contributed by atoms with E-state index < -0.39 is 17.8 Å². The van der Waals surface area contributed by atoms with Gasteiger partial charge in [0.2, 0.25) is 0 Å². The quantitative estimate of drug-likeness (QED) is 0.726. The van der Waals surface area contributed by atoms with Gasteiger partial charge >= 0.3 is 11.9 Å². The van der Waals surface area contributed by atoms with E-state index in [4.69, 9.17) is 9.84 Å². The van der Waals surface area contributed by atoms with Crippen LogP contribution >= 0.6 is 0 Å². The molecule has 86 valence electrons. The molecule has 1 fully saturated rings. The first kappa shape index (κ1) is 12.0. The van der Waals surface area contributed by atoms with Crippen molar-refractivity contribution in [3.8, 4) is 0 Å². The summed E-state index contributed by atoms with van der Waals surface area (Å²) >= 11 is 0. The first-order chi connectivity index (χ1) is 7.11. The maximum absolute atomic E-state index is 11.6. The fraction of sp³-hybridized carbons (Fsp3) is 0.818. The Kier molecular flexibility index (Phi) is 4.12. The van der Waals surface area contributed by atoms with Crippen LogP contribution in [0.15, 0.2) is 0 Å². The highest BCUT2D eigenvalue weighted by molar-refractivity contribution is 5.81. The van der Waals surface area contributed by atoms with Crippen molar-refractivity contribution < 1.29 is 19.4 Å². The van der Waals surface area contributed by atoms with Crippen LogP contribution in [0.2, 0.25) is 0 Å². The summed E-state index contributed by atoms with van der Waals surface area (Å²) < 4.78 is 4.70. The first-order valence-corrected chi connectivity index (χ1v) is 5.42. The lowest BCUT2D eigenvalue weighted by molar-refractivity contribution is -0.160. The van der Waals surface area contributed by atoms with E-state index in [1.165, 1.54) is 7.11 Å². The smallest absolute Gasteiger partial charge is 0.309 e. The average Bonchev–Trinajstić information content (AvgIpc) is 2.26. The SMILES string of the molecule is CCC1CCCC(C(=O)O)C1C(=O)OC. The lowest BCUT2D eigenvalue weighted by Crippen LogP contribution is -2.39. The molecule has 0 radical (unpaired) electrons. The number of hydrogen-bond donors (Lipinski definition) is 1. The number of methoxy groups -OCH3 is 1. The minimum Gasteiger partial charge on any atom is -0.481 e. The van der Waals surface area contributed by atoms with Crippen molar-refractivity contribution in [3.05, 3.63) is 0 Å². The van der Waals surface area contributed by atoms with E-state index in [2.05, 4.69) is 0 Å². The Morgan fingerprint density at radius 3 is 2.53 bits per heavy atom. The topological polar surface area (TPSA) is 63.6 Å². The van der Waals surface area contributed by atoms with Crippen molar-refractivity contribution in [2.75, 3.05) is 7.11 Å².